The van der Waals surface area contributed by atoms with Crippen LogP contribution in [0, 0.1) is 0 Å². The molecular formula is C23H24ClN5O2. The van der Waals surface area contributed by atoms with Crippen LogP contribution >= 0.6 is 11.6 Å². The van der Waals surface area contributed by atoms with Crippen molar-refractivity contribution in [2.75, 3.05) is 28.2 Å². The third-order valence-electron chi connectivity index (χ3n) is 5.93. The van der Waals surface area contributed by atoms with Gasteiger partial charge in [0.05, 0.1) is 22.9 Å². The Morgan fingerprint density at radius 1 is 1.16 bits per heavy atom. The Morgan fingerprint density at radius 2 is 2.00 bits per heavy atom. The number of para-hydroxylation sites is 1. The smallest absolute Gasteiger partial charge is 0.414 e. The van der Waals surface area contributed by atoms with Crippen molar-refractivity contribution < 1.29 is 9.53 Å². The molecule has 0 aliphatic carbocycles. The molecule has 2 aromatic carbocycles. The molecule has 1 aromatic heterocycles. The molecule has 2 aliphatic heterocycles. The molecule has 0 bridgehead atoms. The van der Waals surface area contributed by atoms with Crippen LogP contribution in [0.3, 0.4) is 0 Å². The maximum atomic E-state index is 12.5. The van der Waals surface area contributed by atoms with Gasteiger partial charge < -0.3 is 19.9 Å². The number of piperidine rings is 1. The average Bonchev–Trinajstić information content (AvgIpc) is 3.32. The molecular weight excluding hydrogens is 414 g/mol. The van der Waals surface area contributed by atoms with Crippen LogP contribution in [0.15, 0.2) is 54.9 Å². The third-order valence-corrected chi connectivity index (χ3v) is 6.23. The third kappa shape index (κ3) is 4.05. The summed E-state index contributed by atoms with van der Waals surface area (Å²) in [4.78, 5) is 23.9. The molecule has 5 rings (SSSR count). The fourth-order valence-electron chi connectivity index (χ4n) is 4.34. The number of imidazole rings is 1. The maximum absolute atomic E-state index is 12.5. The quantitative estimate of drug-likeness (QED) is 0.599. The van der Waals surface area contributed by atoms with E-state index in [0.717, 1.165) is 54.4 Å². The lowest BCUT2D eigenvalue weighted by molar-refractivity contribution is 0.137. The van der Waals surface area contributed by atoms with E-state index in [1.54, 1.807) is 12.4 Å². The molecule has 0 unspecified atom stereocenters. The number of nitrogens with one attached hydrogen (secondary N) is 2. The zero-order valence-electron chi connectivity index (χ0n) is 17.1. The summed E-state index contributed by atoms with van der Waals surface area (Å²) in [5.41, 5.74) is 4.01. The number of benzene rings is 2. The Hall–Kier alpha value is -3.19. The molecule has 31 heavy (non-hydrogen) atoms. The number of hydrogen-bond acceptors (Lipinski definition) is 5. The second kappa shape index (κ2) is 8.51. The summed E-state index contributed by atoms with van der Waals surface area (Å²) in [6.07, 6.45) is 5.01. The highest BCUT2D eigenvalue weighted by molar-refractivity contribution is 6.33. The van der Waals surface area contributed by atoms with Gasteiger partial charge in [-0.3, -0.25) is 4.90 Å². The van der Waals surface area contributed by atoms with Crippen LogP contribution in [0.2, 0.25) is 5.02 Å². The van der Waals surface area contributed by atoms with Crippen molar-refractivity contribution in [3.8, 4) is 0 Å². The normalized spacial score (nSPS) is 16.7. The average molecular weight is 438 g/mol. The molecule has 0 spiro atoms. The SMILES string of the molecule is O=C1OCc2ccccc2N1C1CCN(c2ccc(NCc3ncc[nH]3)cc2Cl)CC1. The monoisotopic (exact) mass is 437 g/mol. The molecule has 8 heteroatoms. The Labute approximate surface area is 186 Å². The molecule has 1 saturated heterocycles. The minimum Gasteiger partial charge on any atom is -0.444 e. The van der Waals surface area contributed by atoms with E-state index in [-0.39, 0.29) is 12.1 Å². The number of hydrogen-bond donors (Lipinski definition) is 2. The molecule has 2 aliphatic rings. The van der Waals surface area contributed by atoms with Gasteiger partial charge in [-0.25, -0.2) is 9.78 Å². The summed E-state index contributed by atoms with van der Waals surface area (Å²) >= 11 is 6.61. The van der Waals surface area contributed by atoms with Gasteiger partial charge in [-0.05, 0) is 37.1 Å². The Balaban J connectivity index is 1.24. The van der Waals surface area contributed by atoms with Crippen molar-refractivity contribution in [2.24, 2.45) is 0 Å². The number of carbonyl (C=O) groups excluding carboxylic acids is 1. The zero-order chi connectivity index (χ0) is 21.2. The van der Waals surface area contributed by atoms with Gasteiger partial charge in [0.2, 0.25) is 0 Å². The first kappa shape index (κ1) is 19.8. The maximum Gasteiger partial charge on any atom is 0.414 e. The van der Waals surface area contributed by atoms with Gasteiger partial charge in [0, 0.05) is 42.8 Å². The minimum atomic E-state index is -0.248. The fraction of sp³-hybridized carbons (Fsp3) is 0.304. The molecule has 1 amide bonds. The number of aromatic amines is 1. The van der Waals surface area contributed by atoms with Gasteiger partial charge in [0.1, 0.15) is 12.4 Å². The van der Waals surface area contributed by atoms with Crippen LogP contribution in [-0.4, -0.2) is 35.2 Å². The van der Waals surface area contributed by atoms with E-state index in [1.807, 2.05) is 41.3 Å². The fourth-order valence-corrected chi connectivity index (χ4v) is 4.64. The lowest BCUT2D eigenvalue weighted by atomic mass is 10.00. The highest BCUT2D eigenvalue weighted by Crippen LogP contribution is 2.35. The largest absolute Gasteiger partial charge is 0.444 e. The highest BCUT2D eigenvalue weighted by Gasteiger charge is 2.34. The van der Waals surface area contributed by atoms with E-state index in [2.05, 4.69) is 26.3 Å². The number of amides is 1. The number of ether oxygens (including phenoxy) is 1. The highest BCUT2D eigenvalue weighted by atomic mass is 35.5. The number of rotatable bonds is 5. The first-order chi connectivity index (χ1) is 15.2. The number of H-pyrrole nitrogens is 1. The Morgan fingerprint density at radius 3 is 2.77 bits per heavy atom. The van der Waals surface area contributed by atoms with Crippen molar-refractivity contribution >= 4 is 34.8 Å². The second-order valence-electron chi connectivity index (χ2n) is 7.83. The molecule has 7 nitrogen and oxygen atoms in total. The lowest BCUT2D eigenvalue weighted by Crippen LogP contribution is -2.49. The predicted molar refractivity (Wildman–Crippen MR) is 122 cm³/mol. The van der Waals surface area contributed by atoms with Gasteiger partial charge in [-0.1, -0.05) is 29.8 Å². The number of cyclic esters (lactones) is 1. The van der Waals surface area contributed by atoms with Gasteiger partial charge in [-0.15, -0.1) is 0 Å². The standard InChI is InChI=1S/C23H24ClN5O2/c24-19-13-17(27-14-22-25-9-10-26-22)5-6-21(19)28-11-7-18(8-12-28)29-20-4-2-1-3-16(20)15-31-23(29)30/h1-6,9-10,13,18,27H,7-8,11-12,14-15H2,(H,25,26). The van der Waals surface area contributed by atoms with Crippen molar-refractivity contribution in [3.63, 3.8) is 0 Å². The van der Waals surface area contributed by atoms with Crippen molar-refractivity contribution in [3.05, 3.63) is 71.3 Å². The van der Waals surface area contributed by atoms with Gasteiger partial charge in [0.15, 0.2) is 0 Å². The van der Waals surface area contributed by atoms with Crippen LogP contribution in [0.25, 0.3) is 0 Å². The van der Waals surface area contributed by atoms with Gasteiger partial charge in [-0.2, -0.15) is 0 Å². The number of aromatic nitrogens is 2. The molecule has 3 aromatic rings. The number of carbonyl (C=O) groups is 1. The number of fused-ring (bicyclic) bond motifs is 1. The first-order valence-corrected chi connectivity index (χ1v) is 10.9. The summed E-state index contributed by atoms with van der Waals surface area (Å²) in [6.45, 7) is 2.62. The van der Waals surface area contributed by atoms with E-state index in [0.29, 0.717) is 18.2 Å². The Kier molecular flexibility index (Phi) is 5.42. The molecule has 3 heterocycles. The number of nitrogens with zero attached hydrogens (tertiary/aromatic N) is 3. The molecule has 0 radical (unpaired) electrons. The lowest BCUT2D eigenvalue weighted by Gasteiger charge is -2.41. The van der Waals surface area contributed by atoms with E-state index in [1.165, 1.54) is 0 Å². The van der Waals surface area contributed by atoms with Crippen LogP contribution in [0.5, 0.6) is 0 Å². The van der Waals surface area contributed by atoms with E-state index >= 15 is 0 Å². The zero-order valence-corrected chi connectivity index (χ0v) is 17.8. The van der Waals surface area contributed by atoms with Gasteiger partial charge in [0.25, 0.3) is 0 Å². The van der Waals surface area contributed by atoms with Gasteiger partial charge >= 0.3 is 6.09 Å². The van der Waals surface area contributed by atoms with Crippen LogP contribution in [0.4, 0.5) is 21.9 Å². The summed E-state index contributed by atoms with van der Waals surface area (Å²) in [5.74, 6) is 0.875. The van der Waals surface area contributed by atoms with Crippen LogP contribution in [0.1, 0.15) is 24.2 Å². The summed E-state index contributed by atoms with van der Waals surface area (Å²) in [6, 6.07) is 14.1. The van der Waals surface area contributed by atoms with Crippen LogP contribution in [-0.2, 0) is 17.9 Å². The minimum absolute atomic E-state index is 0.123. The molecule has 0 atom stereocenters. The van der Waals surface area contributed by atoms with Crippen LogP contribution < -0.4 is 15.1 Å². The Bertz CT molecular complexity index is 1060. The summed E-state index contributed by atoms with van der Waals surface area (Å²) in [5, 5.41) is 4.04. The summed E-state index contributed by atoms with van der Waals surface area (Å²) < 4.78 is 5.40. The summed E-state index contributed by atoms with van der Waals surface area (Å²) in [7, 11) is 0. The molecule has 0 saturated carbocycles. The molecule has 2 N–H and O–H groups in total. The molecule has 1 fully saturated rings. The van der Waals surface area contributed by atoms with Crippen molar-refractivity contribution in [2.45, 2.75) is 32.0 Å². The predicted octanol–water partition coefficient (Wildman–Crippen LogP) is 4.80. The van der Waals surface area contributed by atoms with Crippen molar-refractivity contribution in [1.82, 2.24) is 9.97 Å². The number of halogens is 1. The van der Waals surface area contributed by atoms with E-state index in [4.69, 9.17) is 16.3 Å². The first-order valence-electron chi connectivity index (χ1n) is 10.5. The van der Waals surface area contributed by atoms with Crippen molar-refractivity contribution in [1.29, 1.82) is 0 Å². The van der Waals surface area contributed by atoms with E-state index in [9.17, 15) is 4.79 Å². The second-order valence-corrected chi connectivity index (χ2v) is 8.23. The molecule has 160 valence electrons. The topological polar surface area (TPSA) is 73.5 Å². The number of anilines is 3. The van der Waals surface area contributed by atoms with E-state index < -0.39 is 0 Å².